The highest BCUT2D eigenvalue weighted by molar-refractivity contribution is 7.92. The highest BCUT2D eigenvalue weighted by atomic mass is 32.2. The molecule has 3 unspecified atom stereocenters. The van der Waals surface area contributed by atoms with Crippen LogP contribution in [0.1, 0.15) is 13.8 Å². The Morgan fingerprint density at radius 3 is 2.25 bits per heavy atom. The smallest absolute Gasteiger partial charge is 0.309 e. The minimum absolute atomic E-state index is 0.0569. The molecular weight excluding hydrogens is 252 g/mol. The molecule has 0 aliphatic heterocycles. The molecule has 0 saturated carbocycles. The molecule has 0 saturated heterocycles. The van der Waals surface area contributed by atoms with E-state index in [9.17, 15) is 17.4 Å². The fourth-order valence-electron chi connectivity index (χ4n) is 1.02. The van der Waals surface area contributed by atoms with E-state index in [1.807, 2.05) is 0 Å². The van der Waals surface area contributed by atoms with Crippen molar-refractivity contribution >= 4 is 26.6 Å². The van der Waals surface area contributed by atoms with Crippen LogP contribution >= 0.6 is 0 Å². The maximum Gasteiger partial charge on any atom is 0.309 e. The molecule has 0 aliphatic rings. The van der Waals surface area contributed by atoms with Crippen LogP contribution in [-0.4, -0.2) is 48.7 Å². The van der Waals surface area contributed by atoms with E-state index in [1.165, 1.54) is 7.11 Å². The van der Waals surface area contributed by atoms with Gasteiger partial charge in [0, 0.05) is 28.1 Å². The molecule has 0 rings (SSSR count). The molecule has 7 heteroatoms. The second-order valence-corrected chi connectivity index (χ2v) is 7.90. The second-order valence-electron chi connectivity index (χ2n) is 3.73. The molecule has 5 nitrogen and oxygen atoms in total. The third kappa shape index (κ3) is 5.60. The van der Waals surface area contributed by atoms with Gasteiger partial charge in [-0.15, -0.1) is 0 Å². The molecule has 0 bridgehead atoms. The molecule has 0 aromatic carbocycles. The van der Waals surface area contributed by atoms with Crippen molar-refractivity contribution in [2.24, 2.45) is 5.92 Å². The van der Waals surface area contributed by atoms with Crippen molar-refractivity contribution in [3.63, 3.8) is 0 Å². The van der Waals surface area contributed by atoms with Gasteiger partial charge < -0.3 is 4.74 Å². The van der Waals surface area contributed by atoms with E-state index in [0.29, 0.717) is 0 Å². The van der Waals surface area contributed by atoms with Gasteiger partial charge in [0.25, 0.3) is 0 Å². The Morgan fingerprint density at radius 1 is 1.38 bits per heavy atom. The molecule has 0 aliphatic carbocycles. The summed E-state index contributed by atoms with van der Waals surface area (Å²) >= 11 is 0. The zero-order chi connectivity index (χ0) is 12.9. The number of sulfone groups is 1. The third-order valence-electron chi connectivity index (χ3n) is 2.35. The molecule has 0 aromatic heterocycles. The van der Waals surface area contributed by atoms with Crippen LogP contribution in [0.4, 0.5) is 0 Å². The zero-order valence-corrected chi connectivity index (χ0v) is 11.6. The summed E-state index contributed by atoms with van der Waals surface area (Å²) in [5, 5.41) is -0.408. The largest absolute Gasteiger partial charge is 0.469 e. The van der Waals surface area contributed by atoms with Crippen LogP contribution < -0.4 is 0 Å². The lowest BCUT2D eigenvalue weighted by atomic mass is 10.1. The lowest BCUT2D eigenvalue weighted by Crippen LogP contribution is -2.30. The average molecular weight is 270 g/mol. The average Bonchev–Trinajstić information content (AvgIpc) is 2.21. The SMILES string of the molecule is COC(=O)C(C)C(C)S(=O)CCS(C)(=O)=O. The number of hydrogen-bond donors (Lipinski definition) is 0. The Kier molecular flexibility index (Phi) is 6.17. The van der Waals surface area contributed by atoms with Gasteiger partial charge in [0.2, 0.25) is 0 Å². The molecular formula is C9H18O5S2. The van der Waals surface area contributed by atoms with Gasteiger partial charge in [-0.05, 0) is 6.92 Å². The standard InChI is InChI=1S/C9H18O5S2/c1-7(9(10)14-3)8(2)15(11)5-6-16(4,12)13/h7-8H,5-6H2,1-4H3. The molecule has 96 valence electrons. The highest BCUT2D eigenvalue weighted by Crippen LogP contribution is 2.11. The van der Waals surface area contributed by atoms with Gasteiger partial charge in [0.15, 0.2) is 0 Å². The maximum atomic E-state index is 11.7. The summed E-state index contributed by atoms with van der Waals surface area (Å²) < 4.78 is 38.0. The van der Waals surface area contributed by atoms with E-state index in [4.69, 9.17) is 0 Å². The van der Waals surface area contributed by atoms with Crippen molar-refractivity contribution in [3.05, 3.63) is 0 Å². The topological polar surface area (TPSA) is 77.5 Å². The van der Waals surface area contributed by atoms with E-state index in [0.717, 1.165) is 6.26 Å². The number of ether oxygens (including phenoxy) is 1. The minimum Gasteiger partial charge on any atom is -0.469 e. The lowest BCUT2D eigenvalue weighted by molar-refractivity contribution is -0.144. The molecule has 3 atom stereocenters. The number of carbonyl (C=O) groups is 1. The predicted molar refractivity (Wildman–Crippen MR) is 63.4 cm³/mol. The summed E-state index contributed by atoms with van der Waals surface area (Å²) in [4.78, 5) is 11.2. The number of methoxy groups -OCH3 is 1. The van der Waals surface area contributed by atoms with E-state index >= 15 is 0 Å². The number of rotatable bonds is 6. The fraction of sp³-hybridized carbons (Fsp3) is 0.889. The second kappa shape index (κ2) is 6.34. The van der Waals surface area contributed by atoms with Gasteiger partial charge in [-0.3, -0.25) is 9.00 Å². The predicted octanol–water partition coefficient (Wildman–Crippen LogP) is -0.0227. The first kappa shape index (κ1) is 15.6. The van der Waals surface area contributed by atoms with E-state index < -0.39 is 37.8 Å². The molecule has 0 aromatic rings. The van der Waals surface area contributed by atoms with Crippen molar-refractivity contribution in [3.8, 4) is 0 Å². The Hall–Kier alpha value is -0.430. The zero-order valence-electron chi connectivity index (χ0n) is 9.93. The van der Waals surface area contributed by atoms with Crippen LogP contribution in [-0.2, 0) is 30.2 Å². The third-order valence-corrected chi connectivity index (χ3v) is 5.40. The normalized spacial score (nSPS) is 17.5. The fourth-order valence-corrected chi connectivity index (χ4v) is 3.83. The first-order chi connectivity index (χ1) is 7.19. The minimum atomic E-state index is -3.11. The Bertz CT molecular complexity index is 360. The summed E-state index contributed by atoms with van der Waals surface area (Å²) in [6, 6.07) is 0. The first-order valence-corrected chi connectivity index (χ1v) is 8.26. The lowest BCUT2D eigenvalue weighted by Gasteiger charge is -2.16. The molecule has 0 N–H and O–H groups in total. The summed E-state index contributed by atoms with van der Waals surface area (Å²) in [7, 11) is -3.19. The van der Waals surface area contributed by atoms with Crippen LogP contribution in [0.25, 0.3) is 0 Å². The van der Waals surface area contributed by atoms with Crippen LogP contribution in [0.5, 0.6) is 0 Å². The van der Waals surface area contributed by atoms with Crippen LogP contribution in [0.15, 0.2) is 0 Å². The number of carbonyl (C=O) groups excluding carboxylic acids is 1. The van der Waals surface area contributed by atoms with E-state index in [-0.39, 0.29) is 11.5 Å². The molecule has 0 radical (unpaired) electrons. The van der Waals surface area contributed by atoms with Crippen LogP contribution in [0, 0.1) is 5.92 Å². The van der Waals surface area contributed by atoms with Crippen molar-refractivity contribution in [2.75, 3.05) is 24.9 Å². The summed E-state index contributed by atoms with van der Waals surface area (Å²) in [5.41, 5.74) is 0. The van der Waals surface area contributed by atoms with Gasteiger partial charge in [-0.1, -0.05) is 6.92 Å². The van der Waals surface area contributed by atoms with Crippen molar-refractivity contribution in [1.82, 2.24) is 0 Å². The van der Waals surface area contributed by atoms with Crippen molar-refractivity contribution < 1.29 is 22.2 Å². The number of esters is 1. The molecule has 0 amide bonds. The Labute approximate surface area is 98.9 Å². The highest BCUT2D eigenvalue weighted by Gasteiger charge is 2.26. The van der Waals surface area contributed by atoms with Gasteiger partial charge in [-0.2, -0.15) is 0 Å². The Morgan fingerprint density at radius 2 is 1.88 bits per heavy atom. The maximum absolute atomic E-state index is 11.7. The Balaban J connectivity index is 4.34. The number of hydrogen-bond acceptors (Lipinski definition) is 5. The van der Waals surface area contributed by atoms with Gasteiger partial charge >= 0.3 is 5.97 Å². The summed E-state index contributed by atoms with van der Waals surface area (Å²) in [5.74, 6) is -0.996. The van der Waals surface area contributed by atoms with E-state index in [2.05, 4.69) is 4.74 Å². The molecule has 0 fully saturated rings. The first-order valence-electron chi connectivity index (χ1n) is 4.81. The summed E-state index contributed by atoms with van der Waals surface area (Å²) in [6.45, 7) is 3.27. The monoisotopic (exact) mass is 270 g/mol. The molecule has 0 heterocycles. The van der Waals surface area contributed by atoms with E-state index in [1.54, 1.807) is 13.8 Å². The van der Waals surface area contributed by atoms with Gasteiger partial charge in [-0.25, -0.2) is 8.42 Å². The van der Waals surface area contributed by atoms with Crippen molar-refractivity contribution in [2.45, 2.75) is 19.1 Å². The van der Waals surface area contributed by atoms with Crippen LogP contribution in [0.3, 0.4) is 0 Å². The molecule has 16 heavy (non-hydrogen) atoms. The van der Waals surface area contributed by atoms with Gasteiger partial charge in [0.1, 0.15) is 9.84 Å². The van der Waals surface area contributed by atoms with Crippen LogP contribution in [0.2, 0.25) is 0 Å². The summed E-state index contributed by atoms with van der Waals surface area (Å²) in [6.07, 6.45) is 1.10. The van der Waals surface area contributed by atoms with Crippen molar-refractivity contribution in [1.29, 1.82) is 0 Å². The quantitative estimate of drug-likeness (QED) is 0.634. The van der Waals surface area contributed by atoms with Gasteiger partial charge in [0.05, 0.1) is 18.8 Å². The molecule has 0 spiro atoms.